The molecule has 1 spiro atoms. The zero-order valence-electron chi connectivity index (χ0n) is 12.9. The van der Waals surface area contributed by atoms with Crippen LogP contribution in [0.3, 0.4) is 0 Å². The number of benzene rings is 2. The van der Waals surface area contributed by atoms with E-state index in [1.54, 1.807) is 0 Å². The first-order chi connectivity index (χ1) is 11.1. The van der Waals surface area contributed by atoms with Gasteiger partial charge in [-0.05, 0) is 0 Å². The Morgan fingerprint density at radius 1 is 0.522 bits per heavy atom. The quantitative estimate of drug-likeness (QED) is 0.644. The van der Waals surface area contributed by atoms with Crippen LogP contribution in [0.25, 0.3) is 0 Å². The molecule has 10 saturated heterocycles. The van der Waals surface area contributed by atoms with Crippen molar-refractivity contribution in [2.45, 2.75) is 35.3 Å². The van der Waals surface area contributed by atoms with Crippen LogP contribution in [0.5, 0.6) is 0 Å². The Hall–Kier alpha value is -0.677. The molecule has 110 valence electrons. The number of hydrogen-bond donors (Lipinski definition) is 0. The van der Waals surface area contributed by atoms with Gasteiger partial charge in [-0.3, -0.25) is 0 Å². The van der Waals surface area contributed by atoms with Gasteiger partial charge in [0.05, 0.1) is 0 Å². The third-order valence-electron chi connectivity index (χ3n) is 22.9. The van der Waals surface area contributed by atoms with E-state index < -0.39 is 11.4 Å². The molecule has 12 rings (SSSR count). The van der Waals surface area contributed by atoms with E-state index in [2.05, 4.69) is 60.7 Å². The van der Waals surface area contributed by atoms with E-state index in [0.717, 1.165) is 6.25 Å². The Kier molecular flexibility index (Phi) is 0.377. The summed E-state index contributed by atoms with van der Waals surface area (Å²) in [6, 6.07) is 24.2. The van der Waals surface area contributed by atoms with Crippen LogP contribution in [0, 0.1) is 0 Å². The molecule has 0 aliphatic carbocycles. The molecule has 10 heterocycles. The van der Waals surface area contributed by atoms with Gasteiger partial charge in [0.25, 0.3) is 0 Å². The molecule has 10 fully saturated rings. The molecule has 2 aromatic carbocycles. The normalized spacial score (nSPS) is 94.1. The summed E-state index contributed by atoms with van der Waals surface area (Å²) in [7, 11) is 0. The van der Waals surface area contributed by atoms with Crippen LogP contribution in [0.4, 0.5) is 0 Å². The molecular weight excluding hydrogens is 355 g/mol. The van der Waals surface area contributed by atoms with E-state index in [-0.39, 0.29) is 0 Å². The van der Waals surface area contributed by atoms with Crippen molar-refractivity contribution in [1.82, 2.24) is 0 Å². The van der Waals surface area contributed by atoms with Gasteiger partial charge in [-0.2, -0.15) is 0 Å². The molecule has 0 radical (unpaired) electrons. The number of fused-ring (bicyclic) bond motifs is 10. The summed E-state index contributed by atoms with van der Waals surface area (Å²) in [4.78, 5) is 0. The number of hydrogen-bond acceptors (Lipinski definition) is 0. The first kappa shape index (κ1) is 9.14. The Morgan fingerprint density at radius 2 is 0.913 bits per heavy atom. The van der Waals surface area contributed by atoms with Gasteiger partial charge >= 0.3 is 118 Å². The molecular formula is C22H18Zr. The van der Waals surface area contributed by atoms with Crippen molar-refractivity contribution in [2.75, 3.05) is 0 Å². The summed E-state index contributed by atoms with van der Waals surface area (Å²) in [5.74, 6) is 0. The minimum absolute atomic E-state index is 0.820. The summed E-state index contributed by atoms with van der Waals surface area (Å²) in [5.41, 5.74) is 3.71. The van der Waals surface area contributed by atoms with E-state index in [1.165, 1.54) is 29.0 Å². The predicted octanol–water partition coefficient (Wildman–Crippen LogP) is 5.59. The average molecular weight is 374 g/mol. The molecule has 4 unspecified atom stereocenters. The third-order valence-corrected chi connectivity index (χ3v) is 118. The van der Waals surface area contributed by atoms with Gasteiger partial charge in [0.15, 0.2) is 0 Å². The molecule has 0 nitrogen and oxygen atoms in total. The first-order valence-corrected chi connectivity index (χ1v) is 24.1. The fourth-order valence-corrected chi connectivity index (χ4v) is 255. The maximum atomic E-state index is 2.57. The summed E-state index contributed by atoms with van der Waals surface area (Å²) in [5, 5.41) is 0. The van der Waals surface area contributed by atoms with Crippen molar-refractivity contribution < 1.29 is 11.4 Å². The second kappa shape index (κ2) is 0.949. The van der Waals surface area contributed by atoms with E-state index in [1.807, 2.05) is 11.1 Å². The van der Waals surface area contributed by atoms with Gasteiger partial charge < -0.3 is 0 Å². The van der Waals surface area contributed by atoms with Crippen molar-refractivity contribution in [3.05, 3.63) is 71.8 Å². The minimum atomic E-state index is -3.91. The van der Waals surface area contributed by atoms with Gasteiger partial charge in [0, 0.05) is 0 Å². The van der Waals surface area contributed by atoms with Crippen LogP contribution in [-0.2, 0) is 17.6 Å². The Labute approximate surface area is 118 Å². The van der Waals surface area contributed by atoms with E-state index in [0.29, 0.717) is 0 Å². The molecule has 23 heavy (non-hydrogen) atoms. The van der Waals surface area contributed by atoms with Gasteiger partial charge in [-0.25, -0.2) is 0 Å². The summed E-state index contributed by atoms with van der Waals surface area (Å²) in [6.07, 6.45) is 0. The predicted molar refractivity (Wildman–Crippen MR) is 86.2 cm³/mol. The first-order valence-electron chi connectivity index (χ1n) is 10.3. The second-order valence-electron chi connectivity index (χ2n) is 15.6. The van der Waals surface area contributed by atoms with Crippen LogP contribution in [0.2, 0.25) is 29.0 Å². The van der Waals surface area contributed by atoms with Crippen molar-refractivity contribution in [3.63, 3.8) is 0 Å². The zero-order valence-corrected chi connectivity index (χ0v) is 15.4. The maximum absolute atomic E-state index is 3.91. The average Bonchev–Trinajstić information content (AvgIpc) is 3.56. The van der Waals surface area contributed by atoms with Crippen LogP contribution >= 0.6 is 0 Å². The molecule has 10 aliphatic rings. The van der Waals surface area contributed by atoms with E-state index in [9.17, 15) is 0 Å². The molecule has 2 aromatic rings. The SMILES string of the molecule is c1ccc([C]23[CH]4[CH]5[CH]6[C]2(c2ccccc2)[Zr]54632789[CH]3[CH]2[CH]7[CH]8[CH]39)cc1. The van der Waals surface area contributed by atoms with Gasteiger partial charge in [0.2, 0.25) is 0 Å². The number of rotatable bonds is 2. The standard InChI is InChI=1S/C17H13.C5H5.Zr/c1-3-8-14(9-4-1)16-12-7-13-17(16)15-10-5-2-6-11-15;1-2-4-5-3-1;/h1-13H;1-5H;. The fourth-order valence-electron chi connectivity index (χ4n) is 27.7. The van der Waals surface area contributed by atoms with Crippen molar-refractivity contribution >= 4 is 0 Å². The molecule has 1 heteroatoms. The monoisotopic (exact) mass is 372 g/mol. The van der Waals surface area contributed by atoms with Crippen LogP contribution in [-0.4, -0.2) is 0 Å². The zero-order chi connectivity index (χ0) is 14.2. The fraction of sp³-hybridized carbons (Fsp3) is 0.455. The molecule has 0 amide bonds. The van der Waals surface area contributed by atoms with Crippen molar-refractivity contribution in [2.24, 2.45) is 0 Å². The topological polar surface area (TPSA) is 0 Å². The molecule has 10 aliphatic heterocycles. The summed E-state index contributed by atoms with van der Waals surface area (Å²) >= 11 is -3.91. The Balaban J connectivity index is 1.47. The van der Waals surface area contributed by atoms with E-state index >= 15 is 0 Å². The molecule has 0 aromatic heterocycles. The third kappa shape index (κ3) is 0.123. The summed E-state index contributed by atoms with van der Waals surface area (Å²) < 4.78 is 12.7. The van der Waals surface area contributed by atoms with Gasteiger partial charge in [0.1, 0.15) is 0 Å². The van der Waals surface area contributed by atoms with Crippen molar-refractivity contribution in [1.29, 1.82) is 0 Å². The van der Waals surface area contributed by atoms with Crippen LogP contribution in [0.15, 0.2) is 60.7 Å². The van der Waals surface area contributed by atoms with Gasteiger partial charge in [-0.1, -0.05) is 0 Å². The van der Waals surface area contributed by atoms with Crippen LogP contribution < -0.4 is 0 Å². The molecule has 0 saturated carbocycles. The Morgan fingerprint density at radius 3 is 1.22 bits per heavy atom. The van der Waals surface area contributed by atoms with E-state index in [4.69, 9.17) is 0 Å². The summed E-state index contributed by atoms with van der Waals surface area (Å²) in [6.45, 7) is 0. The molecule has 0 N–H and O–H groups in total. The molecule has 4 atom stereocenters. The van der Waals surface area contributed by atoms with Crippen LogP contribution in [0.1, 0.15) is 11.1 Å². The second-order valence-corrected chi connectivity index (χ2v) is 67.2. The Bertz CT molecular complexity index is 1330. The van der Waals surface area contributed by atoms with Gasteiger partial charge in [-0.15, -0.1) is 0 Å². The van der Waals surface area contributed by atoms with Crippen molar-refractivity contribution in [3.8, 4) is 0 Å². The molecule has 0 bridgehead atoms.